The molecular formula is C10H10BrF2N. The molecule has 1 N–H and O–H groups in total. The van der Waals surface area contributed by atoms with E-state index in [1.807, 2.05) is 0 Å². The van der Waals surface area contributed by atoms with E-state index in [1.54, 1.807) is 12.1 Å². The van der Waals surface area contributed by atoms with Crippen LogP contribution < -0.4 is 5.32 Å². The molecule has 0 amide bonds. The maximum atomic E-state index is 13.6. The average Bonchev–Trinajstić information content (AvgIpc) is 2.26. The lowest BCUT2D eigenvalue weighted by atomic mass is 10.0. The Balaban J connectivity index is 2.52. The van der Waals surface area contributed by atoms with Gasteiger partial charge in [-0.15, -0.1) is 0 Å². The molecule has 0 bridgehead atoms. The summed E-state index contributed by atoms with van der Waals surface area (Å²) in [7, 11) is 0. The van der Waals surface area contributed by atoms with Crippen LogP contribution >= 0.6 is 15.9 Å². The number of hydrogen-bond acceptors (Lipinski definition) is 1. The standard InChI is InChI=1S/C10H10BrF2N/c11-7-2-3-9-8(6-7)10(12,13)4-1-5-14-9/h2-3,6,14H,1,4-5H2. The SMILES string of the molecule is FC1(F)CCCNc2ccc(Br)cc21. The number of hydrogen-bond donors (Lipinski definition) is 1. The van der Waals surface area contributed by atoms with Crippen LogP contribution in [0.25, 0.3) is 0 Å². The number of anilines is 1. The zero-order chi connectivity index (χ0) is 10.2. The Labute approximate surface area is 89.6 Å². The largest absolute Gasteiger partial charge is 0.385 e. The molecule has 1 aliphatic rings. The molecule has 0 saturated heterocycles. The first-order chi connectivity index (χ1) is 6.59. The fraction of sp³-hybridized carbons (Fsp3) is 0.400. The van der Waals surface area contributed by atoms with Crippen molar-refractivity contribution in [3.05, 3.63) is 28.2 Å². The zero-order valence-corrected chi connectivity index (χ0v) is 9.07. The normalized spacial score (nSPS) is 19.4. The van der Waals surface area contributed by atoms with Crippen molar-refractivity contribution in [2.75, 3.05) is 11.9 Å². The van der Waals surface area contributed by atoms with Crippen LogP contribution in [0.5, 0.6) is 0 Å². The summed E-state index contributed by atoms with van der Waals surface area (Å²) in [6.07, 6.45) is 0.419. The maximum absolute atomic E-state index is 13.6. The lowest BCUT2D eigenvalue weighted by Gasteiger charge is -2.16. The van der Waals surface area contributed by atoms with Gasteiger partial charge in [0.2, 0.25) is 0 Å². The zero-order valence-electron chi connectivity index (χ0n) is 7.49. The molecule has 1 aromatic rings. The molecule has 0 aromatic heterocycles. The highest BCUT2D eigenvalue weighted by Gasteiger charge is 2.35. The predicted molar refractivity (Wildman–Crippen MR) is 55.8 cm³/mol. The Morgan fingerprint density at radius 1 is 1.36 bits per heavy atom. The number of benzene rings is 1. The molecular weight excluding hydrogens is 252 g/mol. The Kier molecular flexibility index (Phi) is 2.47. The summed E-state index contributed by atoms with van der Waals surface area (Å²) in [6.45, 7) is 0.615. The quantitative estimate of drug-likeness (QED) is 0.750. The van der Waals surface area contributed by atoms with Gasteiger partial charge in [0.1, 0.15) is 0 Å². The van der Waals surface area contributed by atoms with Crippen molar-refractivity contribution in [1.29, 1.82) is 0 Å². The first-order valence-electron chi connectivity index (χ1n) is 4.51. The second-order valence-electron chi connectivity index (χ2n) is 3.42. The molecule has 1 heterocycles. The van der Waals surface area contributed by atoms with E-state index in [-0.39, 0.29) is 12.0 Å². The second-order valence-corrected chi connectivity index (χ2v) is 4.34. The summed E-state index contributed by atoms with van der Waals surface area (Å²) in [6, 6.07) is 4.96. The highest BCUT2D eigenvalue weighted by Crippen LogP contribution is 2.40. The number of alkyl halides is 2. The van der Waals surface area contributed by atoms with Crippen LogP contribution in [0.2, 0.25) is 0 Å². The first kappa shape index (κ1) is 9.90. The van der Waals surface area contributed by atoms with Gasteiger partial charge in [0, 0.05) is 28.7 Å². The molecule has 1 nitrogen and oxygen atoms in total. The van der Waals surface area contributed by atoms with Gasteiger partial charge in [-0.25, -0.2) is 8.78 Å². The monoisotopic (exact) mass is 261 g/mol. The Morgan fingerprint density at radius 3 is 2.93 bits per heavy atom. The van der Waals surface area contributed by atoms with Crippen molar-refractivity contribution in [3.8, 4) is 0 Å². The molecule has 1 aromatic carbocycles. The minimum Gasteiger partial charge on any atom is -0.385 e. The van der Waals surface area contributed by atoms with Crippen LogP contribution in [0.4, 0.5) is 14.5 Å². The molecule has 0 saturated carbocycles. The highest BCUT2D eigenvalue weighted by atomic mass is 79.9. The van der Waals surface area contributed by atoms with Gasteiger partial charge in [0.05, 0.1) is 0 Å². The van der Waals surface area contributed by atoms with Gasteiger partial charge < -0.3 is 5.32 Å². The third-order valence-electron chi connectivity index (χ3n) is 2.36. The summed E-state index contributed by atoms with van der Waals surface area (Å²) in [5, 5.41) is 3.01. The van der Waals surface area contributed by atoms with E-state index < -0.39 is 5.92 Å². The van der Waals surface area contributed by atoms with Crippen molar-refractivity contribution < 1.29 is 8.78 Å². The molecule has 0 fully saturated rings. The molecule has 0 radical (unpaired) electrons. The van der Waals surface area contributed by atoms with Crippen LogP contribution in [0.3, 0.4) is 0 Å². The molecule has 0 unspecified atom stereocenters. The minimum absolute atomic E-state index is 0.0799. The summed E-state index contributed by atoms with van der Waals surface area (Å²) >= 11 is 3.21. The number of nitrogens with one attached hydrogen (secondary N) is 1. The van der Waals surface area contributed by atoms with E-state index in [0.717, 1.165) is 0 Å². The highest BCUT2D eigenvalue weighted by molar-refractivity contribution is 9.10. The van der Waals surface area contributed by atoms with Crippen LogP contribution in [0, 0.1) is 0 Å². The summed E-state index contributed by atoms with van der Waals surface area (Å²) in [4.78, 5) is 0. The van der Waals surface area contributed by atoms with Gasteiger partial charge in [-0.2, -0.15) is 0 Å². The van der Waals surface area contributed by atoms with E-state index in [9.17, 15) is 8.78 Å². The van der Waals surface area contributed by atoms with Crippen LogP contribution in [0.1, 0.15) is 18.4 Å². The van der Waals surface area contributed by atoms with Crippen LogP contribution in [-0.4, -0.2) is 6.54 Å². The molecule has 1 aliphatic heterocycles. The smallest absolute Gasteiger partial charge is 0.275 e. The van der Waals surface area contributed by atoms with Gasteiger partial charge in [-0.05, 0) is 24.6 Å². The summed E-state index contributed by atoms with van der Waals surface area (Å²) in [5.41, 5.74) is 0.653. The first-order valence-corrected chi connectivity index (χ1v) is 5.31. The molecule has 0 aliphatic carbocycles. The molecule has 2 rings (SSSR count). The van der Waals surface area contributed by atoms with Gasteiger partial charge in [-0.1, -0.05) is 15.9 Å². The molecule has 76 valence electrons. The lowest BCUT2D eigenvalue weighted by Crippen LogP contribution is -2.12. The van der Waals surface area contributed by atoms with Crippen molar-refractivity contribution in [3.63, 3.8) is 0 Å². The summed E-state index contributed by atoms with van der Waals surface area (Å²) < 4.78 is 27.8. The summed E-state index contributed by atoms with van der Waals surface area (Å²) in [5.74, 6) is -2.71. The van der Waals surface area contributed by atoms with Crippen molar-refractivity contribution >= 4 is 21.6 Å². The Morgan fingerprint density at radius 2 is 2.14 bits per heavy atom. The van der Waals surface area contributed by atoms with Crippen LogP contribution in [0.15, 0.2) is 22.7 Å². The van der Waals surface area contributed by atoms with E-state index in [4.69, 9.17) is 0 Å². The fourth-order valence-electron chi connectivity index (χ4n) is 1.64. The number of fused-ring (bicyclic) bond motifs is 1. The average molecular weight is 262 g/mol. The maximum Gasteiger partial charge on any atom is 0.275 e. The van der Waals surface area contributed by atoms with E-state index in [2.05, 4.69) is 21.2 Å². The molecule has 14 heavy (non-hydrogen) atoms. The van der Waals surface area contributed by atoms with E-state index in [1.165, 1.54) is 6.07 Å². The second kappa shape index (κ2) is 3.50. The number of halogens is 3. The number of rotatable bonds is 0. The van der Waals surface area contributed by atoms with E-state index >= 15 is 0 Å². The molecule has 4 heteroatoms. The molecule has 0 spiro atoms. The van der Waals surface area contributed by atoms with Gasteiger partial charge >= 0.3 is 0 Å². The topological polar surface area (TPSA) is 12.0 Å². The Hall–Kier alpha value is -0.640. The lowest BCUT2D eigenvalue weighted by molar-refractivity contribution is -0.0121. The Bertz CT molecular complexity index is 352. The van der Waals surface area contributed by atoms with Gasteiger partial charge in [0.25, 0.3) is 5.92 Å². The minimum atomic E-state index is -2.71. The van der Waals surface area contributed by atoms with Gasteiger partial charge in [0.15, 0.2) is 0 Å². The van der Waals surface area contributed by atoms with Crippen molar-refractivity contribution in [1.82, 2.24) is 0 Å². The molecule has 0 atom stereocenters. The predicted octanol–water partition coefficient (Wildman–Crippen LogP) is 3.75. The third-order valence-corrected chi connectivity index (χ3v) is 2.85. The van der Waals surface area contributed by atoms with Crippen molar-refractivity contribution in [2.45, 2.75) is 18.8 Å². The van der Waals surface area contributed by atoms with E-state index in [0.29, 0.717) is 23.1 Å². The van der Waals surface area contributed by atoms with Crippen molar-refractivity contribution in [2.24, 2.45) is 0 Å². The fourth-order valence-corrected chi connectivity index (χ4v) is 2.00. The van der Waals surface area contributed by atoms with Crippen LogP contribution in [-0.2, 0) is 5.92 Å². The third kappa shape index (κ3) is 1.75. The van der Waals surface area contributed by atoms with Gasteiger partial charge in [-0.3, -0.25) is 0 Å².